The average Bonchev–Trinajstić information content (AvgIpc) is 2.56. The van der Waals surface area contributed by atoms with Crippen LogP contribution in [0.3, 0.4) is 0 Å². The van der Waals surface area contributed by atoms with Crippen LogP contribution in [0.4, 0.5) is 0 Å². The van der Waals surface area contributed by atoms with Gasteiger partial charge in [-0.1, -0.05) is 17.7 Å². The Kier molecular flexibility index (Phi) is 6.85. The Morgan fingerprint density at radius 2 is 1.85 bits per heavy atom. The quantitative estimate of drug-likeness (QED) is 0.549. The summed E-state index contributed by atoms with van der Waals surface area (Å²) in [4.78, 5) is 2.46. The van der Waals surface area contributed by atoms with Crippen LogP contribution in [0.15, 0.2) is 46.4 Å². The van der Waals surface area contributed by atoms with E-state index in [1.807, 2.05) is 33.8 Å². The Labute approximate surface area is 161 Å². The van der Waals surface area contributed by atoms with Crippen molar-refractivity contribution in [1.29, 1.82) is 0 Å². The predicted molar refractivity (Wildman–Crippen MR) is 107 cm³/mol. The van der Waals surface area contributed by atoms with Gasteiger partial charge in [0.2, 0.25) is 0 Å². The minimum Gasteiger partial charge on any atom is -0.490 e. The molecule has 27 heavy (non-hydrogen) atoms. The summed E-state index contributed by atoms with van der Waals surface area (Å²) < 4.78 is 36.2. The molecule has 0 fully saturated rings. The number of aryl methyl sites for hydroxylation is 2. The van der Waals surface area contributed by atoms with Crippen molar-refractivity contribution in [2.75, 3.05) is 6.61 Å². The molecule has 0 atom stereocenters. The van der Waals surface area contributed by atoms with Gasteiger partial charge in [-0.15, -0.1) is 0 Å². The molecule has 0 spiro atoms. The highest BCUT2D eigenvalue weighted by Gasteiger charge is 2.15. The molecule has 0 aliphatic heterocycles. The summed E-state index contributed by atoms with van der Waals surface area (Å²) >= 11 is 0. The van der Waals surface area contributed by atoms with Crippen LogP contribution in [0.25, 0.3) is 0 Å². The van der Waals surface area contributed by atoms with Crippen molar-refractivity contribution in [2.45, 2.75) is 45.6 Å². The van der Waals surface area contributed by atoms with Gasteiger partial charge in [-0.25, -0.2) is 4.83 Å². The Morgan fingerprint density at radius 3 is 2.48 bits per heavy atom. The molecule has 0 unspecified atom stereocenters. The van der Waals surface area contributed by atoms with Crippen molar-refractivity contribution in [2.24, 2.45) is 5.10 Å². The fourth-order valence-electron chi connectivity index (χ4n) is 2.54. The maximum absolute atomic E-state index is 12.4. The Balaban J connectivity index is 2.18. The molecule has 0 aliphatic rings. The second kappa shape index (κ2) is 8.90. The Morgan fingerprint density at radius 1 is 1.11 bits per heavy atom. The molecule has 6 nitrogen and oxygen atoms in total. The number of rotatable bonds is 8. The van der Waals surface area contributed by atoms with Crippen LogP contribution in [0, 0.1) is 13.8 Å². The fraction of sp³-hybridized carbons (Fsp3) is 0.350. The summed E-state index contributed by atoms with van der Waals surface area (Å²) in [6.45, 7) is 9.93. The third-order valence-corrected chi connectivity index (χ3v) is 5.02. The van der Waals surface area contributed by atoms with Crippen molar-refractivity contribution in [3.63, 3.8) is 0 Å². The van der Waals surface area contributed by atoms with E-state index in [0.717, 1.165) is 5.56 Å². The molecule has 0 radical (unpaired) electrons. The molecular weight excluding hydrogens is 364 g/mol. The molecule has 0 aromatic heterocycles. The van der Waals surface area contributed by atoms with E-state index in [9.17, 15) is 8.42 Å². The molecule has 0 saturated carbocycles. The molecule has 0 aliphatic carbocycles. The summed E-state index contributed by atoms with van der Waals surface area (Å²) in [5, 5.41) is 3.89. The molecular formula is C20H26N2O4S. The largest absolute Gasteiger partial charge is 0.490 e. The number of hydrazone groups is 1. The zero-order valence-electron chi connectivity index (χ0n) is 16.3. The first-order valence-corrected chi connectivity index (χ1v) is 10.3. The van der Waals surface area contributed by atoms with E-state index >= 15 is 0 Å². The fourth-order valence-corrected chi connectivity index (χ4v) is 3.56. The highest BCUT2D eigenvalue weighted by Crippen LogP contribution is 2.29. The van der Waals surface area contributed by atoms with Gasteiger partial charge in [-0.05, 0) is 70.0 Å². The zero-order valence-corrected chi connectivity index (χ0v) is 17.1. The van der Waals surface area contributed by atoms with Crippen LogP contribution in [0.5, 0.6) is 11.5 Å². The maximum Gasteiger partial charge on any atom is 0.276 e. The molecule has 0 bridgehead atoms. The van der Waals surface area contributed by atoms with Gasteiger partial charge in [-0.3, -0.25) is 0 Å². The Bertz CT molecular complexity index is 922. The van der Waals surface area contributed by atoms with E-state index in [2.05, 4.69) is 9.93 Å². The maximum atomic E-state index is 12.4. The molecule has 0 amide bonds. The number of nitrogens with zero attached hydrogens (tertiary/aromatic N) is 1. The summed E-state index contributed by atoms with van der Waals surface area (Å²) in [5.74, 6) is 1.23. The Hall–Kier alpha value is -2.54. The number of ether oxygens (including phenoxy) is 2. The predicted octanol–water partition coefficient (Wildman–Crippen LogP) is 3.80. The van der Waals surface area contributed by atoms with Gasteiger partial charge in [0.15, 0.2) is 11.5 Å². The van der Waals surface area contributed by atoms with E-state index in [0.29, 0.717) is 29.2 Å². The lowest BCUT2D eigenvalue weighted by atomic mass is 10.2. The van der Waals surface area contributed by atoms with Gasteiger partial charge in [0.1, 0.15) is 0 Å². The van der Waals surface area contributed by atoms with Crippen molar-refractivity contribution in [1.82, 2.24) is 4.83 Å². The minimum atomic E-state index is -3.73. The van der Waals surface area contributed by atoms with Crippen LogP contribution in [0.2, 0.25) is 0 Å². The number of sulfonamides is 1. The van der Waals surface area contributed by atoms with E-state index in [4.69, 9.17) is 9.47 Å². The van der Waals surface area contributed by atoms with E-state index in [-0.39, 0.29) is 11.0 Å². The molecule has 0 heterocycles. The van der Waals surface area contributed by atoms with Gasteiger partial charge >= 0.3 is 0 Å². The monoisotopic (exact) mass is 390 g/mol. The van der Waals surface area contributed by atoms with Crippen molar-refractivity contribution in [3.8, 4) is 11.5 Å². The van der Waals surface area contributed by atoms with Crippen LogP contribution in [-0.2, 0) is 10.0 Å². The summed E-state index contributed by atoms with van der Waals surface area (Å²) in [5.41, 5.74) is 2.37. The second-order valence-corrected chi connectivity index (χ2v) is 8.06. The van der Waals surface area contributed by atoms with Gasteiger partial charge in [-0.2, -0.15) is 13.5 Å². The molecule has 2 aromatic carbocycles. The van der Waals surface area contributed by atoms with E-state index < -0.39 is 10.0 Å². The van der Waals surface area contributed by atoms with Gasteiger partial charge < -0.3 is 9.47 Å². The van der Waals surface area contributed by atoms with Crippen LogP contribution in [0.1, 0.15) is 37.5 Å². The molecule has 2 aromatic rings. The third-order valence-electron chi connectivity index (χ3n) is 3.64. The zero-order chi connectivity index (χ0) is 20.0. The van der Waals surface area contributed by atoms with Crippen molar-refractivity contribution in [3.05, 3.63) is 53.1 Å². The number of benzene rings is 2. The van der Waals surface area contributed by atoms with Crippen LogP contribution >= 0.6 is 0 Å². The lowest BCUT2D eigenvalue weighted by Crippen LogP contribution is -2.19. The topological polar surface area (TPSA) is 77.0 Å². The molecule has 2 rings (SSSR count). The second-order valence-electron chi connectivity index (χ2n) is 6.43. The number of nitrogens with one attached hydrogen (secondary N) is 1. The summed E-state index contributed by atoms with van der Waals surface area (Å²) in [6.07, 6.45) is 1.45. The van der Waals surface area contributed by atoms with Gasteiger partial charge in [0.25, 0.3) is 10.0 Å². The summed E-state index contributed by atoms with van der Waals surface area (Å²) in [7, 11) is -3.73. The lowest BCUT2D eigenvalue weighted by Gasteiger charge is -2.14. The van der Waals surface area contributed by atoms with E-state index in [1.54, 1.807) is 37.3 Å². The van der Waals surface area contributed by atoms with Crippen LogP contribution in [-0.4, -0.2) is 27.3 Å². The first kappa shape index (κ1) is 20.8. The minimum absolute atomic E-state index is 0.0216. The summed E-state index contributed by atoms with van der Waals surface area (Å²) in [6, 6.07) is 10.5. The number of hydrogen-bond acceptors (Lipinski definition) is 5. The normalized spacial score (nSPS) is 11.8. The molecule has 7 heteroatoms. The standard InChI is InChI=1S/C20H26N2O4S/c1-6-25-19-12-17(8-9-18(19)26-14(2)3)13-21-22-27(23,24)20-10-7-15(4)11-16(20)5/h7-14,22H,6H2,1-5H3/b21-13+. The van der Waals surface area contributed by atoms with Gasteiger partial charge in [0, 0.05) is 0 Å². The SMILES string of the molecule is CCOc1cc(/C=N/NS(=O)(=O)c2ccc(C)cc2C)ccc1OC(C)C. The molecule has 146 valence electrons. The van der Waals surface area contributed by atoms with Crippen LogP contribution < -0.4 is 14.3 Å². The molecule has 1 N–H and O–H groups in total. The first-order valence-electron chi connectivity index (χ1n) is 8.78. The molecule has 0 saturated heterocycles. The van der Waals surface area contributed by atoms with Crippen molar-refractivity contribution < 1.29 is 17.9 Å². The smallest absolute Gasteiger partial charge is 0.276 e. The highest BCUT2D eigenvalue weighted by molar-refractivity contribution is 7.89. The highest BCUT2D eigenvalue weighted by atomic mass is 32.2. The lowest BCUT2D eigenvalue weighted by molar-refractivity contribution is 0.224. The number of hydrogen-bond donors (Lipinski definition) is 1. The average molecular weight is 391 g/mol. The van der Waals surface area contributed by atoms with Gasteiger partial charge in [0.05, 0.1) is 23.8 Å². The van der Waals surface area contributed by atoms with E-state index in [1.165, 1.54) is 6.21 Å². The third kappa shape index (κ3) is 5.72. The van der Waals surface area contributed by atoms with Crippen molar-refractivity contribution >= 4 is 16.2 Å². The first-order chi connectivity index (χ1) is 12.7.